The number of nitrogens with two attached hydrogens (primary N) is 1. The molecule has 0 spiro atoms. The number of fused-ring (bicyclic) bond motifs is 1. The number of amides is 1. The van der Waals surface area contributed by atoms with E-state index in [0.717, 1.165) is 13.0 Å². The van der Waals surface area contributed by atoms with Crippen LogP contribution in [0.1, 0.15) is 22.8 Å². The molecule has 4 heteroatoms. The molecular formula is C18H21N3O. The Morgan fingerprint density at radius 1 is 1.23 bits per heavy atom. The molecule has 1 atom stereocenters. The molecule has 0 radical (unpaired) electrons. The second-order valence-corrected chi connectivity index (χ2v) is 5.72. The maximum atomic E-state index is 12.2. The number of nitrogen functional groups attached to an aromatic ring is 1. The Kier molecular flexibility index (Phi) is 4.00. The molecule has 1 amide bonds. The third-order valence-corrected chi connectivity index (χ3v) is 4.19. The molecule has 1 heterocycles. The minimum Gasteiger partial charge on any atom is -0.398 e. The fourth-order valence-corrected chi connectivity index (χ4v) is 3.06. The summed E-state index contributed by atoms with van der Waals surface area (Å²) in [5, 5.41) is 2.96. The number of carbonyl (C=O) groups excluding carboxylic acids is 1. The van der Waals surface area contributed by atoms with Crippen molar-refractivity contribution < 1.29 is 4.79 Å². The van der Waals surface area contributed by atoms with Crippen molar-refractivity contribution in [3.8, 4) is 0 Å². The van der Waals surface area contributed by atoms with Crippen molar-refractivity contribution in [2.45, 2.75) is 19.4 Å². The van der Waals surface area contributed by atoms with Gasteiger partial charge < -0.3 is 16.0 Å². The highest BCUT2D eigenvalue weighted by Crippen LogP contribution is 2.31. The molecule has 2 aromatic carbocycles. The standard InChI is InChI=1S/C18H21N3O/c1-13-12-14-6-2-5-9-17(14)21(13)11-10-20-18(22)15-7-3-4-8-16(15)19/h2-9,13H,10-12,19H2,1H3,(H,20,22). The van der Waals surface area contributed by atoms with Crippen molar-refractivity contribution in [1.82, 2.24) is 5.32 Å². The van der Waals surface area contributed by atoms with Gasteiger partial charge in [0.05, 0.1) is 5.56 Å². The van der Waals surface area contributed by atoms with Crippen LogP contribution in [0.15, 0.2) is 48.5 Å². The molecule has 0 saturated heterocycles. The van der Waals surface area contributed by atoms with Gasteiger partial charge in [-0.15, -0.1) is 0 Å². The maximum absolute atomic E-state index is 12.2. The average molecular weight is 295 g/mol. The van der Waals surface area contributed by atoms with E-state index < -0.39 is 0 Å². The van der Waals surface area contributed by atoms with Crippen LogP contribution in [0.4, 0.5) is 11.4 Å². The van der Waals surface area contributed by atoms with Crippen molar-refractivity contribution in [3.05, 3.63) is 59.7 Å². The number of rotatable bonds is 4. The van der Waals surface area contributed by atoms with Gasteiger partial charge in [0.15, 0.2) is 0 Å². The number of hydrogen-bond acceptors (Lipinski definition) is 3. The zero-order chi connectivity index (χ0) is 15.5. The topological polar surface area (TPSA) is 58.4 Å². The highest BCUT2D eigenvalue weighted by molar-refractivity contribution is 5.99. The number of nitrogens with zero attached hydrogens (tertiary/aromatic N) is 1. The molecule has 1 aliphatic rings. The van der Waals surface area contributed by atoms with E-state index in [1.54, 1.807) is 12.1 Å². The minimum atomic E-state index is -0.113. The molecule has 3 N–H and O–H groups in total. The van der Waals surface area contributed by atoms with Gasteiger partial charge in [-0.2, -0.15) is 0 Å². The molecule has 2 aromatic rings. The lowest BCUT2D eigenvalue weighted by molar-refractivity contribution is 0.0955. The fourth-order valence-electron chi connectivity index (χ4n) is 3.06. The molecule has 1 unspecified atom stereocenters. The lowest BCUT2D eigenvalue weighted by Crippen LogP contribution is -2.38. The van der Waals surface area contributed by atoms with Gasteiger partial charge in [0, 0.05) is 30.5 Å². The Labute approximate surface area is 130 Å². The fraction of sp³-hybridized carbons (Fsp3) is 0.278. The van der Waals surface area contributed by atoms with Gasteiger partial charge in [0.25, 0.3) is 5.91 Å². The monoisotopic (exact) mass is 295 g/mol. The van der Waals surface area contributed by atoms with E-state index >= 15 is 0 Å². The van der Waals surface area contributed by atoms with Crippen molar-refractivity contribution >= 4 is 17.3 Å². The summed E-state index contributed by atoms with van der Waals surface area (Å²) in [6, 6.07) is 16.1. The van der Waals surface area contributed by atoms with E-state index in [0.29, 0.717) is 23.8 Å². The first-order valence-corrected chi connectivity index (χ1v) is 7.64. The lowest BCUT2D eigenvalue weighted by Gasteiger charge is -2.25. The number of carbonyl (C=O) groups is 1. The predicted molar refractivity (Wildman–Crippen MR) is 90.1 cm³/mol. The van der Waals surface area contributed by atoms with E-state index in [1.165, 1.54) is 11.3 Å². The maximum Gasteiger partial charge on any atom is 0.253 e. The van der Waals surface area contributed by atoms with Crippen LogP contribution in [0, 0.1) is 0 Å². The van der Waals surface area contributed by atoms with Crippen LogP contribution in [0.3, 0.4) is 0 Å². The lowest BCUT2D eigenvalue weighted by atomic mass is 10.1. The van der Waals surface area contributed by atoms with Crippen LogP contribution >= 0.6 is 0 Å². The van der Waals surface area contributed by atoms with Gasteiger partial charge in [0.2, 0.25) is 0 Å². The highest BCUT2D eigenvalue weighted by Gasteiger charge is 2.24. The summed E-state index contributed by atoms with van der Waals surface area (Å²) in [6.07, 6.45) is 1.07. The largest absolute Gasteiger partial charge is 0.398 e. The van der Waals surface area contributed by atoms with Crippen molar-refractivity contribution in [2.75, 3.05) is 23.7 Å². The SMILES string of the molecule is CC1Cc2ccccc2N1CCNC(=O)c1ccccc1N. The quantitative estimate of drug-likeness (QED) is 0.852. The second-order valence-electron chi connectivity index (χ2n) is 5.72. The third kappa shape index (κ3) is 2.77. The van der Waals surface area contributed by atoms with Gasteiger partial charge in [0.1, 0.15) is 0 Å². The number of para-hydroxylation sites is 2. The van der Waals surface area contributed by atoms with E-state index in [-0.39, 0.29) is 5.91 Å². The van der Waals surface area contributed by atoms with Gasteiger partial charge in [-0.25, -0.2) is 0 Å². The number of anilines is 2. The average Bonchev–Trinajstić information content (AvgIpc) is 2.83. The molecular weight excluding hydrogens is 274 g/mol. The van der Waals surface area contributed by atoms with E-state index in [2.05, 4.69) is 41.4 Å². The van der Waals surface area contributed by atoms with Crippen molar-refractivity contribution in [3.63, 3.8) is 0 Å². The minimum absolute atomic E-state index is 0.113. The van der Waals surface area contributed by atoms with E-state index in [1.807, 2.05) is 12.1 Å². The summed E-state index contributed by atoms with van der Waals surface area (Å²) in [4.78, 5) is 14.5. The zero-order valence-electron chi connectivity index (χ0n) is 12.8. The summed E-state index contributed by atoms with van der Waals surface area (Å²) in [6.45, 7) is 3.62. The zero-order valence-corrected chi connectivity index (χ0v) is 12.8. The van der Waals surface area contributed by atoms with Gasteiger partial charge in [-0.1, -0.05) is 30.3 Å². The van der Waals surface area contributed by atoms with E-state index in [4.69, 9.17) is 5.73 Å². The van der Waals surface area contributed by atoms with Crippen LogP contribution in [0.2, 0.25) is 0 Å². The van der Waals surface area contributed by atoms with Gasteiger partial charge in [-0.05, 0) is 37.1 Å². The summed E-state index contributed by atoms with van der Waals surface area (Å²) in [5.41, 5.74) is 9.55. The third-order valence-electron chi connectivity index (χ3n) is 4.19. The molecule has 4 nitrogen and oxygen atoms in total. The Morgan fingerprint density at radius 3 is 2.77 bits per heavy atom. The molecule has 1 aliphatic heterocycles. The highest BCUT2D eigenvalue weighted by atomic mass is 16.1. The summed E-state index contributed by atoms with van der Waals surface area (Å²) in [5.74, 6) is -0.113. The Morgan fingerprint density at radius 2 is 1.95 bits per heavy atom. The van der Waals surface area contributed by atoms with Crippen LogP contribution in [0.25, 0.3) is 0 Å². The molecule has 0 aliphatic carbocycles. The molecule has 3 rings (SSSR count). The van der Waals surface area contributed by atoms with Gasteiger partial charge in [-0.3, -0.25) is 4.79 Å². The molecule has 114 valence electrons. The number of hydrogen-bond donors (Lipinski definition) is 2. The summed E-state index contributed by atoms with van der Waals surface area (Å²) >= 11 is 0. The van der Waals surface area contributed by atoms with Crippen molar-refractivity contribution in [1.29, 1.82) is 0 Å². The van der Waals surface area contributed by atoms with Gasteiger partial charge >= 0.3 is 0 Å². The van der Waals surface area contributed by atoms with Crippen molar-refractivity contribution in [2.24, 2.45) is 0 Å². The van der Waals surface area contributed by atoms with Crippen LogP contribution in [-0.4, -0.2) is 25.0 Å². The first kappa shape index (κ1) is 14.4. The number of benzene rings is 2. The van der Waals surface area contributed by atoms with Crippen LogP contribution in [-0.2, 0) is 6.42 Å². The molecule has 0 saturated carbocycles. The van der Waals surface area contributed by atoms with Crippen LogP contribution < -0.4 is 16.0 Å². The molecule has 0 bridgehead atoms. The Balaban J connectivity index is 1.60. The predicted octanol–water partition coefficient (Wildman–Crippen LogP) is 2.45. The summed E-state index contributed by atoms with van der Waals surface area (Å²) in [7, 11) is 0. The smallest absolute Gasteiger partial charge is 0.253 e. The van der Waals surface area contributed by atoms with E-state index in [9.17, 15) is 4.79 Å². The Bertz CT molecular complexity index is 684. The summed E-state index contributed by atoms with van der Waals surface area (Å²) < 4.78 is 0. The number of nitrogens with one attached hydrogen (secondary N) is 1. The molecule has 0 aromatic heterocycles. The Hall–Kier alpha value is -2.49. The molecule has 22 heavy (non-hydrogen) atoms. The molecule has 0 fully saturated rings. The first-order chi connectivity index (χ1) is 10.7. The first-order valence-electron chi connectivity index (χ1n) is 7.64. The normalized spacial score (nSPS) is 16.4. The second kappa shape index (κ2) is 6.10. The van der Waals surface area contributed by atoms with Crippen LogP contribution in [0.5, 0.6) is 0 Å².